The Hall–Kier alpha value is -3.93. The first kappa shape index (κ1) is 22.3. The number of non-ortho nitro benzene ring substituents is 1. The van der Waals surface area contributed by atoms with Crippen LogP contribution in [0.3, 0.4) is 0 Å². The quantitative estimate of drug-likeness (QED) is 0.371. The third-order valence-electron chi connectivity index (χ3n) is 5.95. The van der Waals surface area contributed by atoms with Crippen LogP contribution in [0.25, 0.3) is 0 Å². The highest BCUT2D eigenvalue weighted by Gasteiger charge is 2.37. The van der Waals surface area contributed by atoms with Gasteiger partial charge < -0.3 is 24.3 Å². The van der Waals surface area contributed by atoms with E-state index in [0.29, 0.717) is 37.6 Å². The molecule has 4 rings (SSSR count). The van der Waals surface area contributed by atoms with E-state index >= 15 is 0 Å². The number of nitro benzene ring substituents is 2. The van der Waals surface area contributed by atoms with Crippen LogP contribution in [0.2, 0.25) is 0 Å². The second kappa shape index (κ2) is 8.90. The highest BCUT2D eigenvalue weighted by molar-refractivity contribution is 5.99. The van der Waals surface area contributed by atoms with Gasteiger partial charge in [-0.15, -0.1) is 0 Å². The molecule has 2 heterocycles. The maximum absolute atomic E-state index is 12.4. The second-order valence-electron chi connectivity index (χ2n) is 7.71. The molecule has 33 heavy (non-hydrogen) atoms. The van der Waals surface area contributed by atoms with Crippen molar-refractivity contribution in [3.8, 4) is 11.5 Å². The fourth-order valence-corrected chi connectivity index (χ4v) is 4.13. The van der Waals surface area contributed by atoms with Crippen LogP contribution in [0.1, 0.15) is 28.8 Å². The van der Waals surface area contributed by atoms with Crippen LogP contribution in [0.5, 0.6) is 11.5 Å². The predicted molar refractivity (Wildman–Crippen MR) is 114 cm³/mol. The molecule has 0 spiro atoms. The van der Waals surface area contributed by atoms with E-state index in [-0.39, 0.29) is 24.6 Å². The van der Waals surface area contributed by atoms with E-state index in [9.17, 15) is 25.0 Å². The summed E-state index contributed by atoms with van der Waals surface area (Å²) in [5.41, 5.74) is -1.16. The molecular weight excluding hydrogens is 438 g/mol. The van der Waals surface area contributed by atoms with Gasteiger partial charge >= 0.3 is 5.97 Å². The molecule has 0 atom stereocenters. The molecular formula is C21H21N3O9. The number of nitrogens with zero attached hydrogens (tertiary/aromatic N) is 2. The number of anilines is 1. The standard InChI is InChI=1S/C21H21N3O9/c1-30-20(25)15-9-14(23(26)27)10-16(24(28)29)19(15)22-11-21(4-6-31-7-5-21)13-2-3-17-18(8-13)33-12-32-17/h2-3,8-10,22H,4-7,11-12H2,1H3. The van der Waals surface area contributed by atoms with E-state index in [2.05, 4.69) is 5.32 Å². The molecule has 2 aliphatic heterocycles. The normalized spacial score (nSPS) is 16.2. The van der Waals surface area contributed by atoms with Gasteiger partial charge in [-0.3, -0.25) is 20.2 Å². The topological polar surface area (TPSA) is 152 Å². The molecule has 0 unspecified atom stereocenters. The smallest absolute Gasteiger partial charge is 0.340 e. The minimum atomic E-state index is -0.923. The largest absolute Gasteiger partial charge is 0.465 e. The molecule has 1 saturated heterocycles. The zero-order chi connectivity index (χ0) is 23.6. The van der Waals surface area contributed by atoms with Gasteiger partial charge in [-0.05, 0) is 30.5 Å². The summed E-state index contributed by atoms with van der Waals surface area (Å²) in [6, 6.07) is 7.39. The van der Waals surface area contributed by atoms with Gasteiger partial charge in [-0.2, -0.15) is 0 Å². The van der Waals surface area contributed by atoms with Crippen LogP contribution < -0.4 is 14.8 Å². The fourth-order valence-electron chi connectivity index (χ4n) is 4.13. The van der Waals surface area contributed by atoms with Gasteiger partial charge in [-0.25, -0.2) is 4.79 Å². The summed E-state index contributed by atoms with van der Waals surface area (Å²) >= 11 is 0. The summed E-state index contributed by atoms with van der Waals surface area (Å²) in [6.07, 6.45) is 1.21. The zero-order valence-corrected chi connectivity index (χ0v) is 17.7. The Morgan fingerprint density at radius 2 is 1.82 bits per heavy atom. The number of hydrogen-bond acceptors (Lipinski definition) is 10. The second-order valence-corrected chi connectivity index (χ2v) is 7.71. The van der Waals surface area contributed by atoms with Crippen molar-refractivity contribution in [2.75, 3.05) is 39.0 Å². The maximum atomic E-state index is 12.4. The van der Waals surface area contributed by atoms with Crippen molar-refractivity contribution >= 4 is 23.0 Å². The van der Waals surface area contributed by atoms with Crippen LogP contribution in [0.15, 0.2) is 30.3 Å². The average molecular weight is 459 g/mol. The number of hydrogen-bond donors (Lipinski definition) is 1. The average Bonchev–Trinajstić information content (AvgIpc) is 3.30. The van der Waals surface area contributed by atoms with Gasteiger partial charge in [0.15, 0.2) is 11.5 Å². The van der Waals surface area contributed by atoms with Crippen molar-refractivity contribution in [3.05, 3.63) is 61.7 Å². The summed E-state index contributed by atoms with van der Waals surface area (Å²) < 4.78 is 21.1. The van der Waals surface area contributed by atoms with E-state index < -0.39 is 32.6 Å². The summed E-state index contributed by atoms with van der Waals surface area (Å²) in [6.45, 7) is 1.29. The van der Waals surface area contributed by atoms with Crippen LogP contribution in [0.4, 0.5) is 17.1 Å². The summed E-state index contributed by atoms with van der Waals surface area (Å²) in [5.74, 6) is 0.316. The number of rotatable bonds is 7. The molecule has 2 aromatic rings. The molecule has 0 aromatic heterocycles. The van der Waals surface area contributed by atoms with Gasteiger partial charge in [0.25, 0.3) is 11.4 Å². The Kier molecular flexibility index (Phi) is 6.01. The Labute approximate surface area is 187 Å². The summed E-state index contributed by atoms with van der Waals surface area (Å²) in [4.78, 5) is 33.8. The van der Waals surface area contributed by atoms with Crippen molar-refractivity contribution in [1.82, 2.24) is 0 Å². The van der Waals surface area contributed by atoms with Crippen molar-refractivity contribution in [1.29, 1.82) is 0 Å². The number of ether oxygens (including phenoxy) is 4. The lowest BCUT2D eigenvalue weighted by molar-refractivity contribution is -0.393. The molecule has 1 fully saturated rings. The third kappa shape index (κ3) is 4.24. The van der Waals surface area contributed by atoms with E-state index in [1.54, 1.807) is 0 Å². The highest BCUT2D eigenvalue weighted by Crippen LogP contribution is 2.42. The number of benzene rings is 2. The molecule has 1 N–H and O–H groups in total. The van der Waals surface area contributed by atoms with Crippen LogP contribution >= 0.6 is 0 Å². The molecule has 0 amide bonds. The van der Waals surface area contributed by atoms with E-state index in [1.807, 2.05) is 18.2 Å². The van der Waals surface area contributed by atoms with Gasteiger partial charge in [0, 0.05) is 31.2 Å². The van der Waals surface area contributed by atoms with Gasteiger partial charge in [0.2, 0.25) is 6.79 Å². The molecule has 12 nitrogen and oxygen atoms in total. The number of carbonyl (C=O) groups is 1. The molecule has 2 aliphatic rings. The van der Waals surface area contributed by atoms with E-state index in [4.69, 9.17) is 18.9 Å². The van der Waals surface area contributed by atoms with Gasteiger partial charge in [-0.1, -0.05) is 6.07 Å². The van der Waals surface area contributed by atoms with Crippen molar-refractivity contribution in [2.24, 2.45) is 0 Å². The summed E-state index contributed by atoms with van der Waals surface area (Å²) in [5, 5.41) is 26.0. The number of nitro groups is 2. The predicted octanol–water partition coefficient (Wildman–Crippen LogP) is 3.18. The first-order valence-electron chi connectivity index (χ1n) is 10.1. The Balaban J connectivity index is 1.74. The molecule has 2 aromatic carbocycles. The minimum Gasteiger partial charge on any atom is -0.465 e. The minimum absolute atomic E-state index is 0.130. The lowest BCUT2D eigenvalue weighted by Crippen LogP contribution is -2.40. The van der Waals surface area contributed by atoms with Crippen LogP contribution in [-0.4, -0.2) is 49.5 Å². The molecule has 0 saturated carbocycles. The molecule has 12 heteroatoms. The number of carbonyl (C=O) groups excluding carboxylic acids is 1. The fraction of sp³-hybridized carbons (Fsp3) is 0.381. The first-order chi connectivity index (χ1) is 15.8. The number of nitrogens with one attached hydrogen (secondary N) is 1. The number of esters is 1. The third-order valence-corrected chi connectivity index (χ3v) is 5.95. The first-order valence-corrected chi connectivity index (χ1v) is 10.1. The van der Waals surface area contributed by atoms with Crippen LogP contribution in [-0.2, 0) is 14.9 Å². The molecule has 0 bridgehead atoms. The zero-order valence-electron chi connectivity index (χ0n) is 17.7. The number of methoxy groups -OCH3 is 1. The van der Waals surface area contributed by atoms with E-state index in [1.165, 1.54) is 0 Å². The lowest BCUT2D eigenvalue weighted by atomic mass is 9.74. The Bertz CT molecular complexity index is 1110. The van der Waals surface area contributed by atoms with Crippen molar-refractivity contribution < 1.29 is 33.6 Å². The highest BCUT2D eigenvalue weighted by atomic mass is 16.7. The van der Waals surface area contributed by atoms with Crippen molar-refractivity contribution in [3.63, 3.8) is 0 Å². The van der Waals surface area contributed by atoms with Gasteiger partial charge in [0.1, 0.15) is 5.69 Å². The lowest BCUT2D eigenvalue weighted by Gasteiger charge is -2.38. The van der Waals surface area contributed by atoms with E-state index in [0.717, 1.165) is 24.8 Å². The van der Waals surface area contributed by atoms with Crippen molar-refractivity contribution in [2.45, 2.75) is 18.3 Å². The monoisotopic (exact) mass is 459 g/mol. The van der Waals surface area contributed by atoms with Gasteiger partial charge in [0.05, 0.1) is 28.6 Å². The summed E-state index contributed by atoms with van der Waals surface area (Å²) in [7, 11) is 1.10. The number of fused-ring (bicyclic) bond motifs is 1. The molecule has 174 valence electrons. The molecule has 0 radical (unpaired) electrons. The SMILES string of the molecule is COC(=O)c1cc([N+](=O)[O-])cc([N+](=O)[O-])c1NCC1(c2ccc3c(c2)OCO3)CCOCC1. The molecule has 0 aliphatic carbocycles. The Morgan fingerprint density at radius 3 is 2.48 bits per heavy atom. The Morgan fingerprint density at radius 1 is 1.09 bits per heavy atom. The maximum Gasteiger partial charge on any atom is 0.340 e. The van der Waals surface area contributed by atoms with Crippen LogP contribution in [0, 0.1) is 20.2 Å².